The van der Waals surface area contributed by atoms with Gasteiger partial charge in [-0.25, -0.2) is 4.98 Å². The van der Waals surface area contributed by atoms with Gasteiger partial charge < -0.3 is 29.9 Å². The van der Waals surface area contributed by atoms with E-state index in [2.05, 4.69) is 56.1 Å². The zero-order valence-corrected chi connectivity index (χ0v) is 28.9. The fraction of sp³-hybridized carbons (Fsp3) is 0.656. The number of carbonyl (C=O) groups excluding carboxylic acids is 1. The minimum Gasteiger partial charge on any atom is -0.411 e. The smallest absolute Gasteiger partial charge is 0.411 e. The van der Waals surface area contributed by atoms with Gasteiger partial charge in [-0.3, -0.25) is 9.78 Å². The Bertz CT molecular complexity index is 1330. The van der Waals surface area contributed by atoms with Crippen LogP contribution in [-0.2, 0) is 13.7 Å². The van der Waals surface area contributed by atoms with Gasteiger partial charge in [0.15, 0.2) is 14.0 Å². The molecule has 2 fully saturated rings. The van der Waals surface area contributed by atoms with E-state index < -0.39 is 38.1 Å². The van der Waals surface area contributed by atoms with E-state index in [-0.39, 0.29) is 34.4 Å². The number of nitrogens with one attached hydrogen (secondary N) is 1. The van der Waals surface area contributed by atoms with Crippen molar-refractivity contribution < 1.29 is 23.6 Å². The van der Waals surface area contributed by atoms with E-state index in [1.165, 1.54) is 0 Å². The number of pyridine rings is 2. The molecular formula is C32H51BN4O5Si. The zero-order chi connectivity index (χ0) is 32.2. The number of aromatic nitrogens is 2. The molecule has 1 saturated carbocycles. The number of rotatable bonds is 7. The van der Waals surface area contributed by atoms with Gasteiger partial charge in [0.2, 0.25) is 0 Å². The van der Waals surface area contributed by atoms with Gasteiger partial charge in [0.1, 0.15) is 0 Å². The second kappa shape index (κ2) is 11.6. The number of nitrogen functional groups attached to an aromatic ring is 1. The molecule has 0 unspecified atom stereocenters. The Morgan fingerprint density at radius 3 is 2.37 bits per heavy atom. The molecule has 0 aromatic carbocycles. The van der Waals surface area contributed by atoms with E-state index in [9.17, 15) is 9.90 Å². The Morgan fingerprint density at radius 2 is 1.79 bits per heavy atom. The normalized spacial score (nSPS) is 27.3. The Labute approximate surface area is 259 Å². The zero-order valence-electron chi connectivity index (χ0n) is 27.9. The first-order valence-corrected chi connectivity index (χ1v) is 18.4. The Balaban J connectivity index is 1.61. The monoisotopic (exact) mass is 610 g/mol. The van der Waals surface area contributed by atoms with Crippen LogP contribution in [0.5, 0.6) is 0 Å². The summed E-state index contributed by atoms with van der Waals surface area (Å²) in [4.78, 5) is 22.5. The van der Waals surface area contributed by atoms with Crippen LogP contribution in [0.1, 0.15) is 104 Å². The number of carbonyl (C=O) groups is 1. The Hall–Kier alpha value is -2.31. The number of nitrogens with two attached hydrogens (primary N) is 1. The van der Waals surface area contributed by atoms with Crippen LogP contribution in [0.2, 0.25) is 18.1 Å². The van der Waals surface area contributed by atoms with Crippen molar-refractivity contribution in [1.82, 2.24) is 9.97 Å². The summed E-state index contributed by atoms with van der Waals surface area (Å²) in [5, 5.41) is 14.9. The summed E-state index contributed by atoms with van der Waals surface area (Å²) in [5.74, 6) is -0.388. The largest absolute Gasteiger partial charge is 0.514 e. The maximum atomic E-state index is 13.6. The highest BCUT2D eigenvalue weighted by Crippen LogP contribution is 2.49. The topological polar surface area (TPSA) is 129 Å². The molecule has 4 atom stereocenters. The van der Waals surface area contributed by atoms with Gasteiger partial charge in [-0.2, -0.15) is 0 Å². The maximum absolute atomic E-state index is 13.6. The van der Waals surface area contributed by atoms with Crippen LogP contribution < -0.4 is 16.6 Å². The lowest BCUT2D eigenvalue weighted by atomic mass is 9.67. The van der Waals surface area contributed by atoms with Crippen LogP contribution in [0.25, 0.3) is 0 Å². The van der Waals surface area contributed by atoms with Crippen molar-refractivity contribution in [2.45, 2.75) is 129 Å². The van der Waals surface area contributed by atoms with Gasteiger partial charge in [0.25, 0.3) is 5.91 Å². The van der Waals surface area contributed by atoms with E-state index in [0.717, 1.165) is 12.0 Å². The first kappa shape index (κ1) is 33.6. The molecule has 236 valence electrons. The van der Waals surface area contributed by atoms with Gasteiger partial charge >= 0.3 is 7.12 Å². The van der Waals surface area contributed by atoms with E-state index in [0.29, 0.717) is 24.1 Å². The van der Waals surface area contributed by atoms with E-state index >= 15 is 0 Å². The van der Waals surface area contributed by atoms with E-state index in [1.54, 1.807) is 24.5 Å². The molecule has 2 aromatic heterocycles. The van der Waals surface area contributed by atoms with Crippen molar-refractivity contribution in [2.75, 3.05) is 11.1 Å². The molecule has 1 amide bonds. The summed E-state index contributed by atoms with van der Waals surface area (Å²) in [7, 11) is -2.89. The van der Waals surface area contributed by atoms with Crippen molar-refractivity contribution in [2.24, 2.45) is 5.92 Å². The molecule has 4 rings (SSSR count). The van der Waals surface area contributed by atoms with Gasteiger partial charge in [0, 0.05) is 6.20 Å². The second-order valence-corrected chi connectivity index (χ2v) is 19.7. The third kappa shape index (κ3) is 6.42. The summed E-state index contributed by atoms with van der Waals surface area (Å²) in [6.07, 6.45) is 5.10. The molecule has 4 N–H and O–H groups in total. The fourth-order valence-corrected chi connectivity index (χ4v) is 7.19. The molecular weight excluding hydrogens is 559 g/mol. The van der Waals surface area contributed by atoms with Crippen molar-refractivity contribution in [3.63, 3.8) is 0 Å². The lowest BCUT2D eigenvalue weighted by Gasteiger charge is -2.51. The van der Waals surface area contributed by atoms with Gasteiger partial charge in [-0.15, -0.1) is 0 Å². The minimum absolute atomic E-state index is 0.00311. The first-order chi connectivity index (χ1) is 19.7. The lowest BCUT2D eigenvalue weighted by Crippen LogP contribution is -2.57. The SMILES string of the molecule is CC[C@@]1(O)[C@@H](C)C[C@@H](c2ccncc2NC(=O)c2nc(B3OC(C)(C)C(C)(C)O3)ccc2N)C[C@H]1O[Si](C)(C)C(C)(C)C. The first-order valence-electron chi connectivity index (χ1n) is 15.5. The molecule has 3 heterocycles. The molecule has 2 aliphatic rings. The minimum atomic E-state index is -2.17. The molecule has 0 radical (unpaired) electrons. The van der Waals surface area contributed by atoms with Crippen LogP contribution in [0.15, 0.2) is 30.6 Å². The average Bonchev–Trinajstić information content (AvgIpc) is 3.12. The van der Waals surface area contributed by atoms with E-state index in [1.807, 2.05) is 40.7 Å². The number of hydrogen-bond donors (Lipinski definition) is 3. The molecule has 43 heavy (non-hydrogen) atoms. The average molecular weight is 611 g/mol. The van der Waals surface area contributed by atoms with Crippen LogP contribution in [0, 0.1) is 5.92 Å². The second-order valence-electron chi connectivity index (χ2n) is 15.0. The lowest BCUT2D eigenvalue weighted by molar-refractivity contribution is -0.131. The quantitative estimate of drug-likeness (QED) is 0.343. The number of hydrogen-bond acceptors (Lipinski definition) is 8. The van der Waals surface area contributed by atoms with Gasteiger partial charge in [-0.1, -0.05) is 34.6 Å². The molecule has 1 aliphatic carbocycles. The maximum Gasteiger partial charge on any atom is 0.514 e. The summed E-state index contributed by atoms with van der Waals surface area (Å²) >= 11 is 0. The molecule has 0 bridgehead atoms. The molecule has 2 aromatic rings. The third-order valence-electron chi connectivity index (χ3n) is 10.6. The molecule has 1 aliphatic heterocycles. The van der Waals surface area contributed by atoms with Crippen molar-refractivity contribution >= 4 is 38.3 Å². The Kier molecular flexibility index (Phi) is 9.03. The number of anilines is 2. The Morgan fingerprint density at radius 1 is 1.16 bits per heavy atom. The van der Waals surface area contributed by atoms with Crippen molar-refractivity contribution in [3.8, 4) is 0 Å². The van der Waals surface area contributed by atoms with Gasteiger partial charge in [0.05, 0.1) is 46.1 Å². The van der Waals surface area contributed by atoms with Crippen molar-refractivity contribution in [1.29, 1.82) is 0 Å². The summed E-state index contributed by atoms with van der Waals surface area (Å²) in [6.45, 7) is 23.1. The highest BCUT2D eigenvalue weighted by Gasteiger charge is 2.53. The molecule has 0 spiro atoms. The fourth-order valence-electron chi connectivity index (χ4n) is 5.83. The summed E-state index contributed by atoms with van der Waals surface area (Å²) < 4.78 is 19.2. The van der Waals surface area contributed by atoms with Crippen LogP contribution >= 0.6 is 0 Å². The number of aliphatic hydroxyl groups is 1. The van der Waals surface area contributed by atoms with Gasteiger partial charge in [-0.05, 0) is 101 Å². The highest BCUT2D eigenvalue weighted by atomic mass is 28.4. The van der Waals surface area contributed by atoms with Crippen LogP contribution in [-0.4, -0.2) is 59.3 Å². The predicted molar refractivity (Wildman–Crippen MR) is 175 cm³/mol. The summed E-state index contributed by atoms with van der Waals surface area (Å²) in [6, 6.07) is 5.33. The highest BCUT2D eigenvalue weighted by molar-refractivity contribution is 6.74. The molecule has 9 nitrogen and oxygen atoms in total. The van der Waals surface area contributed by atoms with Crippen LogP contribution in [0.3, 0.4) is 0 Å². The van der Waals surface area contributed by atoms with E-state index in [4.69, 9.17) is 19.5 Å². The van der Waals surface area contributed by atoms with Crippen LogP contribution in [0.4, 0.5) is 11.4 Å². The van der Waals surface area contributed by atoms with Crippen molar-refractivity contribution in [3.05, 3.63) is 41.9 Å². The predicted octanol–water partition coefficient (Wildman–Crippen LogP) is 5.66. The number of nitrogens with zero attached hydrogens (tertiary/aromatic N) is 2. The number of amides is 1. The third-order valence-corrected chi connectivity index (χ3v) is 15.0. The molecule has 1 saturated heterocycles. The summed E-state index contributed by atoms with van der Waals surface area (Å²) in [5.41, 5.74) is 6.63. The molecule has 11 heteroatoms. The standard InChI is InChI=1S/C32H51BN4O5Si/c1-12-32(39)20(2)17-21(18-25(32)40-43(10,11)29(3,4)5)22-15-16-35-19-24(22)36-28(38)27-23(34)13-14-26(37-27)33-41-30(6,7)31(8,9)42-33/h13-16,19-21,25,39H,12,17-18,34H2,1-11H3,(H,36,38)/t20-,21+,25+,32+/m0/s1.